The van der Waals surface area contributed by atoms with Crippen molar-refractivity contribution in [3.63, 3.8) is 0 Å². The third-order valence-electron chi connectivity index (χ3n) is 6.27. The molecule has 3 rings (SSSR count). The maximum Gasteiger partial charge on any atom is 0.313 e. The Morgan fingerprint density at radius 2 is 2.10 bits per heavy atom. The molecule has 1 aliphatic carbocycles. The molecule has 1 aliphatic heterocycles. The molecule has 0 amide bonds. The fraction of sp³-hybridized carbons (Fsp3) is 0.640. The first-order valence-corrected chi connectivity index (χ1v) is 11.1. The summed E-state index contributed by atoms with van der Waals surface area (Å²) in [5.74, 6) is 1.58. The van der Waals surface area contributed by atoms with Crippen molar-refractivity contribution in [1.29, 1.82) is 0 Å². The molecule has 1 N–H and O–H groups in total. The number of fused-ring (bicyclic) bond motifs is 3. The number of esters is 1. The van der Waals surface area contributed by atoms with Crippen LogP contribution >= 0.6 is 0 Å². The molecule has 3 atom stereocenters. The van der Waals surface area contributed by atoms with Crippen molar-refractivity contribution in [2.75, 3.05) is 0 Å². The van der Waals surface area contributed by atoms with Gasteiger partial charge in [-0.15, -0.1) is 0 Å². The fourth-order valence-corrected chi connectivity index (χ4v) is 4.77. The first kappa shape index (κ1) is 21.9. The van der Waals surface area contributed by atoms with Gasteiger partial charge >= 0.3 is 5.97 Å². The Balaban J connectivity index is 2.04. The summed E-state index contributed by atoms with van der Waals surface area (Å²) in [6.07, 6.45) is 8.13. The summed E-state index contributed by atoms with van der Waals surface area (Å²) in [6.45, 7) is 10.3. The number of aliphatic hydroxyl groups excluding tert-OH is 1. The Kier molecular flexibility index (Phi) is 6.72. The minimum absolute atomic E-state index is 0.00977. The summed E-state index contributed by atoms with van der Waals surface area (Å²) in [7, 11) is 0. The smallest absolute Gasteiger partial charge is 0.313 e. The molecule has 0 saturated heterocycles. The maximum atomic E-state index is 12.4. The van der Waals surface area contributed by atoms with Gasteiger partial charge in [-0.05, 0) is 71.1 Å². The average molecular weight is 401 g/mol. The van der Waals surface area contributed by atoms with Gasteiger partial charge in [-0.1, -0.05) is 31.4 Å². The van der Waals surface area contributed by atoms with Crippen LogP contribution in [0.25, 0.3) is 0 Å². The fourth-order valence-electron chi connectivity index (χ4n) is 4.77. The van der Waals surface area contributed by atoms with Crippen LogP contribution in [0.5, 0.6) is 11.5 Å². The molecule has 0 saturated carbocycles. The molecule has 160 valence electrons. The van der Waals surface area contributed by atoms with Gasteiger partial charge in [0.05, 0.1) is 12.5 Å². The molecule has 0 aromatic heterocycles. The monoisotopic (exact) mass is 400 g/mol. The predicted octanol–water partition coefficient (Wildman–Crippen LogP) is 5.71. The number of hydrogen-bond acceptors (Lipinski definition) is 4. The predicted molar refractivity (Wildman–Crippen MR) is 116 cm³/mol. The van der Waals surface area contributed by atoms with E-state index in [2.05, 4.69) is 39.8 Å². The van der Waals surface area contributed by atoms with Crippen LogP contribution in [0, 0.1) is 5.92 Å². The number of hydrogen-bond donors (Lipinski definition) is 1. The van der Waals surface area contributed by atoms with Crippen LogP contribution < -0.4 is 9.47 Å². The lowest BCUT2D eigenvalue weighted by atomic mass is 9.68. The molecule has 0 radical (unpaired) electrons. The van der Waals surface area contributed by atoms with E-state index in [1.165, 1.54) is 18.4 Å². The molecule has 4 heteroatoms. The van der Waals surface area contributed by atoms with Gasteiger partial charge in [-0.25, -0.2) is 0 Å². The molecular weight excluding hydrogens is 364 g/mol. The van der Waals surface area contributed by atoms with Crippen molar-refractivity contribution >= 4 is 5.97 Å². The first-order valence-electron chi connectivity index (χ1n) is 11.1. The molecule has 2 aliphatic rings. The molecule has 29 heavy (non-hydrogen) atoms. The zero-order chi connectivity index (χ0) is 21.2. The largest absolute Gasteiger partial charge is 0.487 e. The van der Waals surface area contributed by atoms with Gasteiger partial charge < -0.3 is 14.6 Å². The summed E-state index contributed by atoms with van der Waals surface area (Å²) in [6, 6.07) is 4.16. The molecule has 0 bridgehead atoms. The number of allylic oxidation sites excluding steroid dienone is 2. The van der Waals surface area contributed by atoms with Crippen molar-refractivity contribution in [3.05, 3.63) is 34.9 Å². The zero-order valence-electron chi connectivity index (χ0n) is 18.6. The van der Waals surface area contributed by atoms with Gasteiger partial charge in [0.1, 0.15) is 17.1 Å². The molecule has 1 aromatic carbocycles. The van der Waals surface area contributed by atoms with Crippen LogP contribution in [0.2, 0.25) is 0 Å². The second-order valence-corrected chi connectivity index (χ2v) is 9.38. The number of benzene rings is 1. The van der Waals surface area contributed by atoms with Crippen molar-refractivity contribution < 1.29 is 19.4 Å². The number of aryl methyl sites for hydroxylation is 1. The standard InChI is InChI=1S/C25H36O4/c1-6-7-8-9-18-14-21(28-23(27)13-17(3)26)24-19-12-16(2)10-11-20(19)25(4,5)29-22(24)15-18/h12,14-15,17,19-20,26H,6-11,13H2,1-5H3. The van der Waals surface area contributed by atoms with Crippen LogP contribution in [0.3, 0.4) is 0 Å². The van der Waals surface area contributed by atoms with Gasteiger partial charge in [-0.3, -0.25) is 4.79 Å². The molecule has 0 fully saturated rings. The lowest BCUT2D eigenvalue weighted by Crippen LogP contribution is -2.45. The number of rotatable bonds is 7. The van der Waals surface area contributed by atoms with Gasteiger partial charge in [0.25, 0.3) is 0 Å². The number of unbranched alkanes of at least 4 members (excludes halogenated alkanes) is 2. The van der Waals surface area contributed by atoms with E-state index in [1.54, 1.807) is 6.92 Å². The summed E-state index contributed by atoms with van der Waals surface area (Å²) in [4.78, 5) is 12.4. The average Bonchev–Trinajstić information content (AvgIpc) is 2.60. The van der Waals surface area contributed by atoms with Gasteiger partial charge in [0.2, 0.25) is 0 Å². The minimum atomic E-state index is -0.717. The second kappa shape index (κ2) is 8.91. The Labute approximate surface area is 175 Å². The van der Waals surface area contributed by atoms with Crippen molar-refractivity contribution in [2.24, 2.45) is 5.92 Å². The van der Waals surface area contributed by atoms with E-state index in [0.717, 1.165) is 42.6 Å². The third kappa shape index (κ3) is 5.03. The van der Waals surface area contributed by atoms with Gasteiger partial charge in [0, 0.05) is 17.4 Å². The van der Waals surface area contributed by atoms with Crippen LogP contribution in [0.15, 0.2) is 23.8 Å². The van der Waals surface area contributed by atoms with E-state index in [-0.39, 0.29) is 17.9 Å². The number of carbonyl (C=O) groups is 1. The van der Waals surface area contributed by atoms with Gasteiger partial charge in [0.15, 0.2) is 0 Å². The third-order valence-corrected chi connectivity index (χ3v) is 6.27. The SMILES string of the molecule is CCCCCc1cc(OC(=O)CC(C)O)c2c(c1)OC(C)(C)C1CCC(C)=CC21. The van der Waals surface area contributed by atoms with E-state index in [9.17, 15) is 9.90 Å². The Hall–Kier alpha value is -1.81. The highest BCUT2D eigenvalue weighted by Crippen LogP contribution is 2.53. The maximum absolute atomic E-state index is 12.4. The number of aliphatic hydroxyl groups is 1. The topological polar surface area (TPSA) is 55.8 Å². The molecule has 4 nitrogen and oxygen atoms in total. The van der Waals surface area contributed by atoms with Crippen LogP contribution in [0.4, 0.5) is 0 Å². The Morgan fingerprint density at radius 3 is 2.79 bits per heavy atom. The quantitative estimate of drug-likeness (QED) is 0.276. The number of ether oxygens (including phenoxy) is 2. The molecule has 3 unspecified atom stereocenters. The van der Waals surface area contributed by atoms with Crippen LogP contribution in [0.1, 0.15) is 90.2 Å². The van der Waals surface area contributed by atoms with Crippen LogP contribution in [-0.4, -0.2) is 22.8 Å². The van der Waals surface area contributed by atoms with Gasteiger partial charge in [-0.2, -0.15) is 0 Å². The van der Waals surface area contributed by atoms with E-state index in [1.807, 2.05) is 6.07 Å². The summed E-state index contributed by atoms with van der Waals surface area (Å²) >= 11 is 0. The summed E-state index contributed by atoms with van der Waals surface area (Å²) < 4.78 is 12.3. The van der Waals surface area contributed by atoms with Crippen LogP contribution in [-0.2, 0) is 11.2 Å². The Bertz CT molecular complexity index is 775. The van der Waals surface area contributed by atoms with E-state index < -0.39 is 12.1 Å². The molecular formula is C25H36O4. The van der Waals surface area contributed by atoms with E-state index in [0.29, 0.717) is 11.7 Å². The molecule has 0 spiro atoms. The molecule has 1 aromatic rings. The Morgan fingerprint density at radius 1 is 1.34 bits per heavy atom. The number of carbonyl (C=O) groups excluding carboxylic acids is 1. The van der Waals surface area contributed by atoms with Crippen molar-refractivity contribution in [2.45, 2.75) is 97.2 Å². The van der Waals surface area contributed by atoms with Crippen molar-refractivity contribution in [3.8, 4) is 11.5 Å². The first-order chi connectivity index (χ1) is 13.7. The highest BCUT2D eigenvalue weighted by molar-refractivity contribution is 5.74. The second-order valence-electron chi connectivity index (χ2n) is 9.38. The lowest BCUT2D eigenvalue weighted by Gasteiger charge is -2.46. The van der Waals surface area contributed by atoms with E-state index in [4.69, 9.17) is 9.47 Å². The lowest BCUT2D eigenvalue weighted by molar-refractivity contribution is -0.136. The van der Waals surface area contributed by atoms with Crippen molar-refractivity contribution in [1.82, 2.24) is 0 Å². The zero-order valence-corrected chi connectivity index (χ0v) is 18.6. The normalized spacial score (nSPS) is 23.3. The van der Waals surface area contributed by atoms with E-state index >= 15 is 0 Å². The summed E-state index contributed by atoms with van der Waals surface area (Å²) in [5.41, 5.74) is 3.25. The highest BCUT2D eigenvalue weighted by atomic mass is 16.5. The molecule has 1 heterocycles. The highest BCUT2D eigenvalue weighted by Gasteiger charge is 2.45. The minimum Gasteiger partial charge on any atom is -0.487 e. The summed E-state index contributed by atoms with van der Waals surface area (Å²) in [5, 5.41) is 9.59.